The fourth-order valence-corrected chi connectivity index (χ4v) is 1.71. The molecule has 7 nitrogen and oxygen atoms in total. The second-order valence-electron chi connectivity index (χ2n) is 4.13. The number of nitrogens with two attached hydrogens (primary N) is 1. The first-order chi connectivity index (χ1) is 9.01. The van der Waals surface area contributed by atoms with Gasteiger partial charge in [-0.25, -0.2) is 5.84 Å². The van der Waals surface area contributed by atoms with E-state index in [0.717, 1.165) is 0 Å². The van der Waals surface area contributed by atoms with E-state index in [9.17, 15) is 9.59 Å². The molecule has 1 rings (SSSR count). The number of aryl methyl sites for hydroxylation is 1. The molecule has 0 fully saturated rings. The molecule has 7 heteroatoms. The SMILES string of the molecule is CCN(CC(=O)NC)Cc1cc(C(=O)NN)c(C)o1. The molecule has 0 aromatic carbocycles. The number of likely N-dealkylation sites (N-methyl/N-ethyl adjacent to an activating group) is 2. The third-order valence-electron chi connectivity index (χ3n) is 2.82. The molecule has 0 atom stereocenters. The third-order valence-corrected chi connectivity index (χ3v) is 2.82. The van der Waals surface area contributed by atoms with Gasteiger partial charge in [-0.3, -0.25) is 19.9 Å². The van der Waals surface area contributed by atoms with Crippen LogP contribution in [0.15, 0.2) is 10.5 Å². The van der Waals surface area contributed by atoms with Crippen molar-refractivity contribution < 1.29 is 14.0 Å². The highest BCUT2D eigenvalue weighted by Gasteiger charge is 2.16. The Hall–Kier alpha value is -1.86. The number of hydrogen-bond donors (Lipinski definition) is 3. The zero-order chi connectivity index (χ0) is 14.4. The van der Waals surface area contributed by atoms with Crippen LogP contribution < -0.4 is 16.6 Å². The number of nitrogen functional groups attached to an aromatic ring is 1. The van der Waals surface area contributed by atoms with Gasteiger partial charge in [0.2, 0.25) is 5.91 Å². The molecule has 0 saturated heterocycles. The van der Waals surface area contributed by atoms with Gasteiger partial charge >= 0.3 is 0 Å². The van der Waals surface area contributed by atoms with Crippen molar-refractivity contribution in [1.29, 1.82) is 0 Å². The summed E-state index contributed by atoms with van der Waals surface area (Å²) in [4.78, 5) is 24.7. The van der Waals surface area contributed by atoms with Crippen LogP contribution in [0.3, 0.4) is 0 Å². The van der Waals surface area contributed by atoms with Gasteiger partial charge in [-0.1, -0.05) is 6.92 Å². The number of rotatable bonds is 6. The molecule has 19 heavy (non-hydrogen) atoms. The van der Waals surface area contributed by atoms with E-state index >= 15 is 0 Å². The van der Waals surface area contributed by atoms with E-state index in [4.69, 9.17) is 10.3 Å². The third kappa shape index (κ3) is 4.08. The number of hydrazine groups is 1. The van der Waals surface area contributed by atoms with Gasteiger partial charge in [-0.15, -0.1) is 0 Å². The summed E-state index contributed by atoms with van der Waals surface area (Å²) < 4.78 is 5.50. The first-order valence-corrected chi connectivity index (χ1v) is 6.05. The summed E-state index contributed by atoms with van der Waals surface area (Å²) in [5.74, 6) is 5.77. The Balaban J connectivity index is 2.75. The minimum absolute atomic E-state index is 0.0648. The topological polar surface area (TPSA) is 101 Å². The highest BCUT2D eigenvalue weighted by Crippen LogP contribution is 2.16. The lowest BCUT2D eigenvalue weighted by atomic mass is 10.2. The Labute approximate surface area is 112 Å². The van der Waals surface area contributed by atoms with Crippen LogP contribution >= 0.6 is 0 Å². The average molecular weight is 268 g/mol. The van der Waals surface area contributed by atoms with Gasteiger partial charge in [0.25, 0.3) is 5.91 Å². The summed E-state index contributed by atoms with van der Waals surface area (Å²) in [5.41, 5.74) is 2.48. The lowest BCUT2D eigenvalue weighted by molar-refractivity contribution is -0.121. The zero-order valence-electron chi connectivity index (χ0n) is 11.4. The maximum Gasteiger partial charge on any atom is 0.268 e. The molecule has 2 amide bonds. The largest absolute Gasteiger partial charge is 0.464 e. The lowest BCUT2D eigenvalue weighted by Crippen LogP contribution is -2.35. The van der Waals surface area contributed by atoms with E-state index in [-0.39, 0.29) is 18.4 Å². The van der Waals surface area contributed by atoms with Gasteiger partial charge in [-0.05, 0) is 19.5 Å². The second kappa shape index (κ2) is 6.91. The maximum atomic E-state index is 11.5. The number of nitrogens with zero attached hydrogens (tertiary/aromatic N) is 1. The summed E-state index contributed by atoms with van der Waals surface area (Å²) in [6.07, 6.45) is 0. The van der Waals surface area contributed by atoms with Gasteiger partial charge in [0.05, 0.1) is 18.7 Å². The maximum absolute atomic E-state index is 11.5. The van der Waals surface area contributed by atoms with Crippen LogP contribution in [0.2, 0.25) is 0 Å². The quantitative estimate of drug-likeness (QED) is 0.375. The number of nitrogens with one attached hydrogen (secondary N) is 2. The van der Waals surface area contributed by atoms with Crippen molar-refractivity contribution in [2.45, 2.75) is 20.4 Å². The van der Waals surface area contributed by atoms with Crippen molar-refractivity contribution in [2.75, 3.05) is 20.1 Å². The van der Waals surface area contributed by atoms with Crippen LogP contribution in [0.25, 0.3) is 0 Å². The molecular weight excluding hydrogens is 248 g/mol. The number of amides is 2. The number of furan rings is 1. The van der Waals surface area contributed by atoms with Crippen LogP contribution in [-0.2, 0) is 11.3 Å². The standard InChI is InChI=1S/C12H20N4O3/c1-4-16(7-11(17)14-3)6-9-5-10(8(2)19-9)12(18)15-13/h5H,4,6-7,13H2,1-3H3,(H,14,17)(H,15,18). The van der Waals surface area contributed by atoms with Crippen molar-refractivity contribution in [2.24, 2.45) is 5.84 Å². The monoisotopic (exact) mass is 268 g/mol. The van der Waals surface area contributed by atoms with Crippen LogP contribution in [0, 0.1) is 6.92 Å². The Kier molecular flexibility index (Phi) is 5.53. The van der Waals surface area contributed by atoms with Crippen LogP contribution in [-0.4, -0.2) is 36.9 Å². The van der Waals surface area contributed by atoms with E-state index < -0.39 is 0 Å². The minimum atomic E-state index is -0.387. The smallest absolute Gasteiger partial charge is 0.268 e. The predicted molar refractivity (Wildman–Crippen MR) is 70.1 cm³/mol. The van der Waals surface area contributed by atoms with E-state index in [1.165, 1.54) is 0 Å². The predicted octanol–water partition coefficient (Wildman–Crippen LogP) is -0.241. The molecule has 0 aliphatic rings. The Morgan fingerprint density at radius 3 is 2.68 bits per heavy atom. The molecule has 1 heterocycles. The summed E-state index contributed by atoms with van der Waals surface area (Å²) >= 11 is 0. The Bertz CT molecular complexity index is 456. The lowest BCUT2D eigenvalue weighted by Gasteiger charge is -2.17. The number of carbonyl (C=O) groups excluding carboxylic acids is 2. The highest BCUT2D eigenvalue weighted by atomic mass is 16.3. The molecule has 0 aliphatic carbocycles. The van der Waals surface area contributed by atoms with Crippen LogP contribution in [0.5, 0.6) is 0 Å². The summed E-state index contributed by atoms with van der Waals surface area (Å²) in [6, 6.07) is 1.64. The van der Waals surface area contributed by atoms with Gasteiger partial charge in [-0.2, -0.15) is 0 Å². The van der Waals surface area contributed by atoms with Crippen molar-refractivity contribution in [3.05, 3.63) is 23.2 Å². The molecule has 0 unspecified atom stereocenters. The first-order valence-electron chi connectivity index (χ1n) is 6.05. The molecule has 0 bridgehead atoms. The van der Waals surface area contributed by atoms with Gasteiger partial charge < -0.3 is 9.73 Å². The Morgan fingerprint density at radius 2 is 2.16 bits per heavy atom. The van der Waals surface area contributed by atoms with E-state index in [1.807, 2.05) is 11.8 Å². The minimum Gasteiger partial charge on any atom is -0.464 e. The van der Waals surface area contributed by atoms with E-state index in [0.29, 0.717) is 30.2 Å². The van der Waals surface area contributed by atoms with Crippen molar-refractivity contribution in [3.63, 3.8) is 0 Å². The zero-order valence-corrected chi connectivity index (χ0v) is 11.4. The highest BCUT2D eigenvalue weighted by molar-refractivity contribution is 5.94. The molecule has 106 valence electrons. The van der Waals surface area contributed by atoms with Gasteiger partial charge in [0.15, 0.2) is 0 Å². The molecule has 0 aliphatic heterocycles. The fourth-order valence-electron chi connectivity index (χ4n) is 1.71. The average Bonchev–Trinajstić information content (AvgIpc) is 2.77. The first kappa shape index (κ1) is 15.2. The van der Waals surface area contributed by atoms with Gasteiger partial charge in [0.1, 0.15) is 11.5 Å². The molecule has 0 radical (unpaired) electrons. The van der Waals surface area contributed by atoms with Crippen molar-refractivity contribution in [1.82, 2.24) is 15.6 Å². The summed E-state index contributed by atoms with van der Waals surface area (Å²) in [6.45, 7) is 5.09. The van der Waals surface area contributed by atoms with E-state index in [1.54, 1.807) is 20.0 Å². The number of hydrogen-bond acceptors (Lipinski definition) is 5. The molecule has 1 aromatic rings. The second-order valence-corrected chi connectivity index (χ2v) is 4.13. The van der Waals surface area contributed by atoms with Crippen molar-refractivity contribution in [3.8, 4) is 0 Å². The number of carbonyl (C=O) groups is 2. The summed E-state index contributed by atoms with van der Waals surface area (Å²) in [5, 5.41) is 2.57. The van der Waals surface area contributed by atoms with Crippen molar-refractivity contribution >= 4 is 11.8 Å². The van der Waals surface area contributed by atoms with Crippen LogP contribution in [0.4, 0.5) is 0 Å². The molecule has 1 aromatic heterocycles. The molecular formula is C12H20N4O3. The molecule has 0 saturated carbocycles. The Morgan fingerprint density at radius 1 is 1.47 bits per heavy atom. The molecule has 4 N–H and O–H groups in total. The van der Waals surface area contributed by atoms with E-state index in [2.05, 4.69) is 10.7 Å². The summed E-state index contributed by atoms with van der Waals surface area (Å²) in [7, 11) is 1.59. The normalized spacial score (nSPS) is 10.6. The van der Waals surface area contributed by atoms with Crippen LogP contribution in [0.1, 0.15) is 28.8 Å². The van der Waals surface area contributed by atoms with Gasteiger partial charge in [0, 0.05) is 7.05 Å². The molecule has 0 spiro atoms. The fraction of sp³-hybridized carbons (Fsp3) is 0.500.